The maximum absolute atomic E-state index is 14.6. The van der Waals surface area contributed by atoms with Crippen LogP contribution in [0.3, 0.4) is 0 Å². The van der Waals surface area contributed by atoms with Crippen LogP contribution in [0.1, 0.15) is 42.4 Å². The normalized spacial score (nSPS) is 13.3. The fourth-order valence-electron chi connectivity index (χ4n) is 3.64. The van der Waals surface area contributed by atoms with Crippen molar-refractivity contribution in [3.63, 3.8) is 0 Å². The molecule has 2 aromatic carbocycles. The van der Waals surface area contributed by atoms with Gasteiger partial charge in [-0.25, -0.2) is 8.78 Å². The molecular formula is C23H22F2N4O2S. The molecule has 0 saturated heterocycles. The molecule has 0 atom stereocenters. The molecule has 1 amide bonds. The van der Waals surface area contributed by atoms with Gasteiger partial charge >= 0.3 is 0 Å². The number of aromatic nitrogens is 3. The van der Waals surface area contributed by atoms with Gasteiger partial charge in [-0.15, -0.1) is 22.0 Å². The molecule has 0 bridgehead atoms. The largest absolute Gasteiger partial charge is 0.325 e. The summed E-state index contributed by atoms with van der Waals surface area (Å²) in [5.74, 6) is -0.309. The van der Waals surface area contributed by atoms with E-state index in [4.69, 9.17) is 0 Å². The van der Waals surface area contributed by atoms with Crippen LogP contribution in [-0.4, -0.2) is 32.2 Å². The van der Waals surface area contributed by atoms with E-state index in [1.165, 1.54) is 31.2 Å². The predicted molar refractivity (Wildman–Crippen MR) is 119 cm³/mol. The molecule has 2 heterocycles. The quantitative estimate of drug-likeness (QED) is 0.422. The Kier molecular flexibility index (Phi) is 6.64. The topological polar surface area (TPSA) is 76.9 Å². The Bertz CT molecular complexity index is 1180. The molecule has 0 aliphatic carbocycles. The molecule has 4 rings (SSSR count). The lowest BCUT2D eigenvalue weighted by Gasteiger charge is -2.11. The highest BCUT2D eigenvalue weighted by Gasteiger charge is 2.19. The molecule has 0 spiro atoms. The van der Waals surface area contributed by atoms with Crippen LogP contribution in [0.15, 0.2) is 41.3 Å². The second-order valence-corrected chi connectivity index (χ2v) is 8.65. The average molecular weight is 457 g/mol. The Morgan fingerprint density at radius 1 is 1.06 bits per heavy atom. The first-order chi connectivity index (χ1) is 15.4. The molecule has 0 unspecified atom stereocenters. The molecule has 9 heteroatoms. The molecule has 1 aliphatic rings. The van der Waals surface area contributed by atoms with Crippen molar-refractivity contribution in [3.05, 3.63) is 59.4 Å². The molecule has 0 saturated carbocycles. The summed E-state index contributed by atoms with van der Waals surface area (Å²) in [4.78, 5) is 24.0. The van der Waals surface area contributed by atoms with Crippen molar-refractivity contribution in [2.24, 2.45) is 0 Å². The van der Waals surface area contributed by atoms with E-state index in [2.05, 4.69) is 15.5 Å². The van der Waals surface area contributed by atoms with Gasteiger partial charge in [0.25, 0.3) is 0 Å². The van der Waals surface area contributed by atoms with E-state index in [0.717, 1.165) is 55.9 Å². The van der Waals surface area contributed by atoms with Gasteiger partial charge in [0.1, 0.15) is 17.5 Å². The Morgan fingerprint density at radius 3 is 2.69 bits per heavy atom. The molecule has 0 radical (unpaired) electrons. The van der Waals surface area contributed by atoms with Crippen molar-refractivity contribution in [1.82, 2.24) is 14.8 Å². The standard InChI is InChI=1S/C23H22F2N4O2S/c1-14(30)15-6-9-20(19(25)11-15)32-13-22(31)26-16-7-8-18(24)17(12-16)23-28-27-21-5-3-2-4-10-29(21)23/h6-9,11-12H,2-5,10,13H2,1H3,(H,26,31). The summed E-state index contributed by atoms with van der Waals surface area (Å²) in [5.41, 5.74) is 0.980. The zero-order valence-corrected chi connectivity index (χ0v) is 18.3. The monoisotopic (exact) mass is 456 g/mol. The Morgan fingerprint density at radius 2 is 1.91 bits per heavy atom. The van der Waals surface area contributed by atoms with Gasteiger partial charge in [0.05, 0.1) is 11.3 Å². The minimum absolute atomic E-state index is 0.0383. The predicted octanol–water partition coefficient (Wildman–Crippen LogP) is 4.88. The van der Waals surface area contributed by atoms with Crippen molar-refractivity contribution in [1.29, 1.82) is 0 Å². The number of fused-ring (bicyclic) bond motifs is 1. The van der Waals surface area contributed by atoms with E-state index < -0.39 is 11.6 Å². The Balaban J connectivity index is 1.46. The number of carbonyl (C=O) groups excluding carboxylic acids is 2. The molecule has 1 N–H and O–H groups in total. The Labute approximate surface area is 188 Å². The summed E-state index contributed by atoms with van der Waals surface area (Å²) in [6.07, 6.45) is 3.92. The first-order valence-electron chi connectivity index (χ1n) is 10.4. The SMILES string of the molecule is CC(=O)c1ccc(SCC(=O)Nc2ccc(F)c(-c3nnc4n3CCCCC4)c2)c(F)c1. The number of hydrogen-bond donors (Lipinski definition) is 1. The first-order valence-corrected chi connectivity index (χ1v) is 11.4. The van der Waals surface area contributed by atoms with Crippen LogP contribution in [0.25, 0.3) is 11.4 Å². The lowest BCUT2D eigenvalue weighted by Crippen LogP contribution is -2.14. The summed E-state index contributed by atoms with van der Waals surface area (Å²) in [6, 6.07) is 8.48. The highest BCUT2D eigenvalue weighted by atomic mass is 32.2. The van der Waals surface area contributed by atoms with Crippen LogP contribution >= 0.6 is 11.8 Å². The molecule has 1 aromatic heterocycles. The maximum Gasteiger partial charge on any atom is 0.234 e. The van der Waals surface area contributed by atoms with E-state index in [-0.39, 0.29) is 33.5 Å². The van der Waals surface area contributed by atoms with Crippen LogP contribution in [0.5, 0.6) is 0 Å². The number of carbonyl (C=O) groups is 2. The molecule has 3 aromatic rings. The van der Waals surface area contributed by atoms with Gasteiger partial charge in [-0.05, 0) is 50.1 Å². The number of halogens is 2. The molecule has 166 valence electrons. The highest BCUT2D eigenvalue weighted by molar-refractivity contribution is 8.00. The van der Waals surface area contributed by atoms with E-state index in [1.54, 1.807) is 6.07 Å². The van der Waals surface area contributed by atoms with Crippen molar-refractivity contribution in [2.75, 3.05) is 11.1 Å². The molecule has 0 fully saturated rings. The molecule has 6 nitrogen and oxygen atoms in total. The number of amides is 1. The van der Waals surface area contributed by atoms with Crippen LogP contribution < -0.4 is 5.32 Å². The minimum Gasteiger partial charge on any atom is -0.325 e. The van der Waals surface area contributed by atoms with E-state index in [0.29, 0.717) is 11.5 Å². The summed E-state index contributed by atoms with van der Waals surface area (Å²) in [7, 11) is 0. The number of nitrogens with one attached hydrogen (secondary N) is 1. The van der Waals surface area contributed by atoms with E-state index in [9.17, 15) is 18.4 Å². The van der Waals surface area contributed by atoms with Crippen LogP contribution in [0, 0.1) is 11.6 Å². The van der Waals surface area contributed by atoms with Gasteiger partial charge < -0.3 is 9.88 Å². The number of rotatable bonds is 6. The van der Waals surface area contributed by atoms with Gasteiger partial charge in [-0.1, -0.05) is 12.5 Å². The molecule has 1 aliphatic heterocycles. The summed E-state index contributed by atoms with van der Waals surface area (Å²) >= 11 is 1.02. The number of Topliss-reactive ketones (excluding diaryl/α,β-unsaturated/α-hetero) is 1. The lowest BCUT2D eigenvalue weighted by molar-refractivity contribution is -0.113. The van der Waals surface area contributed by atoms with E-state index >= 15 is 0 Å². The summed E-state index contributed by atoms with van der Waals surface area (Å²) < 4.78 is 30.7. The maximum atomic E-state index is 14.6. The van der Waals surface area contributed by atoms with Gasteiger partial charge in [-0.2, -0.15) is 0 Å². The second-order valence-electron chi connectivity index (χ2n) is 7.63. The first kappa shape index (κ1) is 22.1. The fraction of sp³-hybridized carbons (Fsp3) is 0.304. The fourth-order valence-corrected chi connectivity index (χ4v) is 4.36. The van der Waals surface area contributed by atoms with Crippen molar-refractivity contribution >= 4 is 29.1 Å². The number of nitrogens with zero attached hydrogens (tertiary/aromatic N) is 3. The number of thioether (sulfide) groups is 1. The van der Waals surface area contributed by atoms with Gasteiger partial charge in [-0.3, -0.25) is 9.59 Å². The van der Waals surface area contributed by atoms with Gasteiger partial charge in [0.15, 0.2) is 11.6 Å². The summed E-state index contributed by atoms with van der Waals surface area (Å²) in [6.45, 7) is 2.10. The number of ketones is 1. The number of hydrogen-bond acceptors (Lipinski definition) is 5. The minimum atomic E-state index is -0.549. The third-order valence-electron chi connectivity index (χ3n) is 5.30. The third kappa shape index (κ3) is 4.88. The number of aryl methyl sites for hydroxylation is 1. The number of benzene rings is 2. The van der Waals surface area contributed by atoms with Gasteiger partial charge in [0, 0.05) is 29.1 Å². The van der Waals surface area contributed by atoms with Crippen LogP contribution in [-0.2, 0) is 17.8 Å². The lowest BCUT2D eigenvalue weighted by atomic mass is 10.1. The number of anilines is 1. The second kappa shape index (κ2) is 9.60. The van der Waals surface area contributed by atoms with Crippen molar-refractivity contribution < 1.29 is 18.4 Å². The Hall–Kier alpha value is -3.07. The van der Waals surface area contributed by atoms with Crippen LogP contribution in [0.2, 0.25) is 0 Å². The highest BCUT2D eigenvalue weighted by Crippen LogP contribution is 2.28. The third-order valence-corrected chi connectivity index (χ3v) is 6.35. The average Bonchev–Trinajstić information content (AvgIpc) is 3.01. The van der Waals surface area contributed by atoms with Crippen molar-refractivity contribution in [2.45, 2.75) is 44.0 Å². The smallest absolute Gasteiger partial charge is 0.234 e. The van der Waals surface area contributed by atoms with Crippen LogP contribution in [0.4, 0.5) is 14.5 Å². The molecular weight excluding hydrogens is 434 g/mol. The zero-order valence-electron chi connectivity index (χ0n) is 17.5. The summed E-state index contributed by atoms with van der Waals surface area (Å²) in [5, 5.41) is 11.1. The van der Waals surface area contributed by atoms with Crippen molar-refractivity contribution in [3.8, 4) is 11.4 Å². The van der Waals surface area contributed by atoms with E-state index in [1.807, 2.05) is 4.57 Å². The molecule has 32 heavy (non-hydrogen) atoms. The zero-order chi connectivity index (χ0) is 22.7. The van der Waals surface area contributed by atoms with Gasteiger partial charge in [0.2, 0.25) is 5.91 Å².